The molecule has 0 atom stereocenters. The van der Waals surface area contributed by atoms with E-state index in [0.717, 1.165) is 0 Å². The molecule has 62 valence electrons. The minimum atomic E-state index is -1.19. The zero-order valence-corrected chi connectivity index (χ0v) is 7.21. The van der Waals surface area contributed by atoms with Gasteiger partial charge in [0.2, 0.25) is 5.54 Å². The fourth-order valence-corrected chi connectivity index (χ4v) is 0.365. The van der Waals surface area contributed by atoms with Crippen LogP contribution in [0.15, 0.2) is 0 Å². The maximum atomic E-state index is 10.5. The SMILES string of the molecule is CC(C)(C#N)C(C)(C)[N+](=O)[O-]. The second kappa shape index (κ2) is 2.50. The number of nitrogens with zero attached hydrogens (tertiary/aromatic N) is 2. The lowest BCUT2D eigenvalue weighted by atomic mass is 9.76. The molecule has 0 fully saturated rings. The van der Waals surface area contributed by atoms with E-state index in [1.54, 1.807) is 13.8 Å². The smallest absolute Gasteiger partial charge is 0.234 e. The molecule has 0 aliphatic heterocycles. The zero-order chi connectivity index (χ0) is 9.28. The molecule has 0 bridgehead atoms. The lowest BCUT2D eigenvalue weighted by Gasteiger charge is -2.26. The number of rotatable bonds is 2. The van der Waals surface area contributed by atoms with Gasteiger partial charge in [-0.3, -0.25) is 10.1 Å². The summed E-state index contributed by atoms with van der Waals surface area (Å²) in [5.41, 5.74) is -2.13. The first-order valence-corrected chi connectivity index (χ1v) is 3.31. The predicted molar refractivity (Wildman–Crippen MR) is 40.5 cm³/mol. The number of nitro groups is 1. The van der Waals surface area contributed by atoms with Crippen LogP contribution < -0.4 is 0 Å². The fraction of sp³-hybridized carbons (Fsp3) is 0.857. The van der Waals surface area contributed by atoms with Gasteiger partial charge in [-0.1, -0.05) is 0 Å². The summed E-state index contributed by atoms with van der Waals surface area (Å²) in [6.45, 7) is 6.04. The van der Waals surface area contributed by atoms with Gasteiger partial charge in [0.1, 0.15) is 5.41 Å². The molecule has 4 heteroatoms. The molecule has 0 aromatic heterocycles. The predicted octanol–water partition coefficient (Wildman–Crippen LogP) is 1.59. The van der Waals surface area contributed by atoms with E-state index in [1.165, 1.54) is 13.8 Å². The van der Waals surface area contributed by atoms with E-state index in [0.29, 0.717) is 0 Å². The van der Waals surface area contributed by atoms with Crippen LogP contribution in [-0.2, 0) is 0 Å². The van der Waals surface area contributed by atoms with Crippen molar-refractivity contribution < 1.29 is 4.92 Å². The molecule has 4 nitrogen and oxygen atoms in total. The van der Waals surface area contributed by atoms with E-state index in [2.05, 4.69) is 0 Å². The van der Waals surface area contributed by atoms with Crippen LogP contribution in [0.1, 0.15) is 27.7 Å². The van der Waals surface area contributed by atoms with Crippen LogP contribution in [0.25, 0.3) is 0 Å². The highest BCUT2D eigenvalue weighted by Crippen LogP contribution is 2.31. The lowest BCUT2D eigenvalue weighted by Crippen LogP contribution is -2.45. The Hall–Kier alpha value is -1.11. The first-order chi connectivity index (χ1) is 4.75. The Morgan fingerprint density at radius 2 is 1.73 bits per heavy atom. The third-order valence-corrected chi connectivity index (χ3v) is 2.27. The van der Waals surface area contributed by atoms with E-state index in [-0.39, 0.29) is 0 Å². The van der Waals surface area contributed by atoms with Gasteiger partial charge in [-0.2, -0.15) is 5.26 Å². The Bertz CT molecular complexity index is 213. The van der Waals surface area contributed by atoms with Crippen LogP contribution in [0.3, 0.4) is 0 Å². The summed E-state index contributed by atoms with van der Waals surface area (Å²) in [7, 11) is 0. The summed E-state index contributed by atoms with van der Waals surface area (Å²) in [5, 5.41) is 19.1. The molecule has 0 saturated carbocycles. The largest absolute Gasteiger partial charge is 0.264 e. The van der Waals surface area contributed by atoms with Crippen molar-refractivity contribution in [3.05, 3.63) is 10.1 Å². The van der Waals surface area contributed by atoms with Crippen LogP contribution >= 0.6 is 0 Å². The fourth-order valence-electron chi connectivity index (χ4n) is 0.365. The standard InChI is InChI=1S/C7H12N2O2/c1-6(2,5-8)7(3,4)9(10)11/h1-4H3. The summed E-state index contributed by atoms with van der Waals surface area (Å²) < 4.78 is 0. The Kier molecular flexibility index (Phi) is 2.24. The highest BCUT2D eigenvalue weighted by Gasteiger charge is 2.48. The molecule has 0 rings (SSSR count). The second-order valence-electron chi connectivity index (χ2n) is 3.55. The molecular weight excluding hydrogens is 144 g/mol. The van der Waals surface area contributed by atoms with Gasteiger partial charge in [-0.25, -0.2) is 0 Å². The Labute approximate surface area is 66.0 Å². The summed E-state index contributed by atoms with van der Waals surface area (Å²) in [4.78, 5) is 10.1. The molecule has 0 unspecified atom stereocenters. The van der Waals surface area contributed by atoms with E-state index < -0.39 is 15.9 Å². The molecule has 0 radical (unpaired) electrons. The summed E-state index contributed by atoms with van der Waals surface area (Å²) >= 11 is 0. The molecule has 0 aliphatic rings. The summed E-state index contributed by atoms with van der Waals surface area (Å²) in [6, 6.07) is 1.92. The minimum Gasteiger partial charge on any atom is -0.264 e. The van der Waals surface area contributed by atoms with E-state index in [4.69, 9.17) is 5.26 Å². The average molecular weight is 156 g/mol. The van der Waals surface area contributed by atoms with E-state index in [1.807, 2.05) is 6.07 Å². The third-order valence-electron chi connectivity index (χ3n) is 2.27. The first kappa shape index (κ1) is 9.89. The van der Waals surface area contributed by atoms with Crippen molar-refractivity contribution in [1.29, 1.82) is 5.26 Å². The molecule has 11 heavy (non-hydrogen) atoms. The van der Waals surface area contributed by atoms with E-state index in [9.17, 15) is 10.1 Å². The van der Waals surface area contributed by atoms with Crippen molar-refractivity contribution in [2.24, 2.45) is 5.41 Å². The topological polar surface area (TPSA) is 66.9 Å². The van der Waals surface area contributed by atoms with Crippen molar-refractivity contribution in [3.63, 3.8) is 0 Å². The highest BCUT2D eigenvalue weighted by atomic mass is 16.6. The van der Waals surface area contributed by atoms with Gasteiger partial charge in [0.25, 0.3) is 0 Å². The zero-order valence-electron chi connectivity index (χ0n) is 7.21. The van der Waals surface area contributed by atoms with Crippen LogP contribution in [0, 0.1) is 26.9 Å². The molecule has 0 amide bonds. The number of nitriles is 1. The molecule has 0 N–H and O–H groups in total. The van der Waals surface area contributed by atoms with Gasteiger partial charge >= 0.3 is 0 Å². The van der Waals surface area contributed by atoms with Crippen molar-refractivity contribution in [3.8, 4) is 6.07 Å². The van der Waals surface area contributed by atoms with Gasteiger partial charge in [0.15, 0.2) is 0 Å². The molecule has 0 spiro atoms. The number of hydrogen-bond donors (Lipinski definition) is 0. The second-order valence-corrected chi connectivity index (χ2v) is 3.55. The van der Waals surface area contributed by atoms with Gasteiger partial charge in [-0.15, -0.1) is 0 Å². The van der Waals surface area contributed by atoms with Gasteiger partial charge in [0, 0.05) is 18.8 Å². The van der Waals surface area contributed by atoms with Crippen LogP contribution in [-0.4, -0.2) is 10.5 Å². The minimum absolute atomic E-state index is 0.420. The normalized spacial score (nSPS) is 12.3. The summed E-state index contributed by atoms with van der Waals surface area (Å²) in [5.74, 6) is 0. The average Bonchev–Trinajstić information content (AvgIpc) is 1.87. The van der Waals surface area contributed by atoms with Gasteiger partial charge in [-0.05, 0) is 13.8 Å². The van der Waals surface area contributed by atoms with Crippen LogP contribution in [0.2, 0.25) is 0 Å². The molecule has 0 aliphatic carbocycles. The van der Waals surface area contributed by atoms with Crippen molar-refractivity contribution in [2.45, 2.75) is 33.2 Å². The van der Waals surface area contributed by atoms with E-state index >= 15 is 0 Å². The monoisotopic (exact) mass is 156 g/mol. The Balaban J connectivity index is 4.86. The van der Waals surface area contributed by atoms with Crippen LogP contribution in [0.5, 0.6) is 0 Å². The number of hydrogen-bond acceptors (Lipinski definition) is 3. The molecule has 0 saturated heterocycles. The van der Waals surface area contributed by atoms with Crippen molar-refractivity contribution in [1.82, 2.24) is 0 Å². The highest BCUT2D eigenvalue weighted by molar-refractivity contribution is 5.02. The summed E-state index contributed by atoms with van der Waals surface area (Å²) in [6.07, 6.45) is 0. The Morgan fingerprint density at radius 3 is 1.82 bits per heavy atom. The molecule has 0 heterocycles. The van der Waals surface area contributed by atoms with Gasteiger partial charge < -0.3 is 0 Å². The molecule has 0 aromatic carbocycles. The Morgan fingerprint density at radius 1 is 1.36 bits per heavy atom. The maximum Gasteiger partial charge on any atom is 0.234 e. The third kappa shape index (κ3) is 1.48. The first-order valence-electron chi connectivity index (χ1n) is 3.31. The lowest BCUT2D eigenvalue weighted by molar-refractivity contribution is -0.576. The van der Waals surface area contributed by atoms with Crippen LogP contribution in [0.4, 0.5) is 0 Å². The molecule has 0 aromatic rings. The van der Waals surface area contributed by atoms with Gasteiger partial charge in [0.05, 0.1) is 6.07 Å². The maximum absolute atomic E-state index is 10.5. The van der Waals surface area contributed by atoms with Crippen molar-refractivity contribution in [2.75, 3.05) is 0 Å². The van der Waals surface area contributed by atoms with Crippen molar-refractivity contribution >= 4 is 0 Å². The molecular formula is C7H12N2O2. The quantitative estimate of drug-likeness (QED) is 0.450.